The molecule has 19 heavy (non-hydrogen) atoms. The molecule has 0 radical (unpaired) electrons. The second kappa shape index (κ2) is 7.08. The van der Waals surface area contributed by atoms with Crippen molar-refractivity contribution in [2.75, 3.05) is 18.0 Å². The lowest BCUT2D eigenvalue weighted by molar-refractivity contribution is 0.357. The summed E-state index contributed by atoms with van der Waals surface area (Å²) < 4.78 is 0. The van der Waals surface area contributed by atoms with E-state index in [-0.39, 0.29) is 0 Å². The second-order valence-corrected chi connectivity index (χ2v) is 5.29. The lowest BCUT2D eigenvalue weighted by atomic mass is 9.89. The molecule has 1 aromatic rings. The Morgan fingerprint density at radius 2 is 2.00 bits per heavy atom. The molecule has 1 aliphatic carbocycles. The number of nitrogens with zero attached hydrogens (tertiary/aromatic N) is 4. The fourth-order valence-electron chi connectivity index (χ4n) is 2.88. The van der Waals surface area contributed by atoms with Crippen LogP contribution < -0.4 is 4.90 Å². The molecule has 0 unspecified atom stereocenters. The van der Waals surface area contributed by atoms with Crippen LogP contribution in [0.1, 0.15) is 51.1 Å². The summed E-state index contributed by atoms with van der Waals surface area (Å²) in [4.78, 5) is 10.8. The first-order chi connectivity index (χ1) is 9.35. The van der Waals surface area contributed by atoms with Crippen LogP contribution in [0.3, 0.4) is 0 Å². The van der Waals surface area contributed by atoms with E-state index in [0.717, 1.165) is 31.2 Å². The lowest BCUT2D eigenvalue weighted by Gasteiger charge is -2.30. The van der Waals surface area contributed by atoms with E-state index < -0.39 is 0 Å². The van der Waals surface area contributed by atoms with Crippen molar-refractivity contribution >= 4 is 5.82 Å². The van der Waals surface area contributed by atoms with Crippen LogP contribution in [-0.2, 0) is 0 Å². The normalized spacial score (nSPS) is 16.0. The first kappa shape index (κ1) is 13.8. The molecule has 102 valence electrons. The Balaban J connectivity index is 2.12. The van der Waals surface area contributed by atoms with Crippen LogP contribution in [0.4, 0.5) is 5.82 Å². The summed E-state index contributed by atoms with van der Waals surface area (Å²) in [7, 11) is 0. The molecule has 0 aliphatic heterocycles. The molecule has 4 nitrogen and oxygen atoms in total. The van der Waals surface area contributed by atoms with Gasteiger partial charge >= 0.3 is 0 Å². The number of aromatic nitrogens is 2. The van der Waals surface area contributed by atoms with Crippen molar-refractivity contribution in [3.63, 3.8) is 0 Å². The molecule has 1 saturated carbocycles. The monoisotopic (exact) mass is 258 g/mol. The number of hydrogen-bond donors (Lipinski definition) is 0. The molecular formula is C15H22N4. The molecule has 1 fully saturated rings. The highest BCUT2D eigenvalue weighted by Crippen LogP contribution is 2.26. The summed E-state index contributed by atoms with van der Waals surface area (Å²) in [6.07, 6.45) is 11.0. The maximum Gasteiger partial charge on any atom is 0.183 e. The average Bonchev–Trinajstić information content (AvgIpc) is 2.48. The van der Waals surface area contributed by atoms with E-state index in [1.165, 1.54) is 32.1 Å². The van der Waals surface area contributed by atoms with Gasteiger partial charge in [-0.1, -0.05) is 26.2 Å². The Labute approximate surface area is 115 Å². The number of rotatable bonds is 5. The molecule has 0 N–H and O–H groups in total. The minimum absolute atomic E-state index is 0.451. The van der Waals surface area contributed by atoms with Crippen LogP contribution in [0.15, 0.2) is 12.4 Å². The maximum absolute atomic E-state index is 9.16. The van der Waals surface area contributed by atoms with Crippen LogP contribution in [0.5, 0.6) is 0 Å². The van der Waals surface area contributed by atoms with Crippen molar-refractivity contribution in [1.82, 2.24) is 9.97 Å². The zero-order valence-electron chi connectivity index (χ0n) is 11.7. The number of nitriles is 1. The molecule has 0 bridgehead atoms. The Bertz CT molecular complexity index is 432. The predicted octanol–water partition coefficient (Wildman–Crippen LogP) is 3.14. The third kappa shape index (κ3) is 3.66. The topological polar surface area (TPSA) is 52.8 Å². The first-order valence-corrected chi connectivity index (χ1v) is 7.31. The molecule has 2 rings (SSSR count). The van der Waals surface area contributed by atoms with Crippen molar-refractivity contribution in [2.45, 2.75) is 45.4 Å². The third-order valence-electron chi connectivity index (χ3n) is 3.78. The molecule has 4 heteroatoms. The summed E-state index contributed by atoms with van der Waals surface area (Å²) in [5, 5.41) is 9.16. The Morgan fingerprint density at radius 3 is 2.68 bits per heavy atom. The van der Waals surface area contributed by atoms with Gasteiger partial charge in [0, 0.05) is 25.5 Å². The van der Waals surface area contributed by atoms with Crippen molar-refractivity contribution in [2.24, 2.45) is 5.92 Å². The summed E-state index contributed by atoms with van der Waals surface area (Å²) in [6, 6.07) is 2.16. The Morgan fingerprint density at radius 1 is 1.26 bits per heavy atom. The van der Waals surface area contributed by atoms with Gasteiger partial charge in [-0.2, -0.15) is 5.26 Å². The first-order valence-electron chi connectivity index (χ1n) is 7.31. The number of hydrogen-bond acceptors (Lipinski definition) is 4. The van der Waals surface area contributed by atoms with Gasteiger partial charge in [-0.15, -0.1) is 0 Å². The summed E-state index contributed by atoms with van der Waals surface area (Å²) in [5.74, 6) is 1.51. The van der Waals surface area contributed by atoms with Gasteiger partial charge in [-0.3, -0.25) is 0 Å². The quantitative estimate of drug-likeness (QED) is 0.814. The van der Waals surface area contributed by atoms with Gasteiger partial charge in [0.15, 0.2) is 11.5 Å². The molecule has 0 saturated heterocycles. The van der Waals surface area contributed by atoms with E-state index in [1.807, 2.05) is 0 Å². The van der Waals surface area contributed by atoms with Crippen LogP contribution in [0.2, 0.25) is 0 Å². The van der Waals surface area contributed by atoms with Crippen LogP contribution >= 0.6 is 0 Å². The molecule has 0 atom stereocenters. The van der Waals surface area contributed by atoms with Gasteiger partial charge in [-0.05, 0) is 25.2 Å². The molecule has 0 spiro atoms. The fraction of sp³-hybridized carbons (Fsp3) is 0.667. The molecule has 0 aromatic carbocycles. The third-order valence-corrected chi connectivity index (χ3v) is 3.78. The van der Waals surface area contributed by atoms with Crippen LogP contribution in [0, 0.1) is 17.2 Å². The van der Waals surface area contributed by atoms with Crippen molar-refractivity contribution in [1.29, 1.82) is 5.26 Å². The van der Waals surface area contributed by atoms with Crippen molar-refractivity contribution < 1.29 is 0 Å². The van der Waals surface area contributed by atoms with Crippen molar-refractivity contribution in [3.8, 4) is 6.07 Å². The number of anilines is 1. The van der Waals surface area contributed by atoms with E-state index in [1.54, 1.807) is 12.4 Å². The van der Waals surface area contributed by atoms with Gasteiger partial charge in [0.25, 0.3) is 0 Å². The van der Waals surface area contributed by atoms with Crippen LogP contribution in [-0.4, -0.2) is 23.1 Å². The van der Waals surface area contributed by atoms with Crippen LogP contribution in [0.25, 0.3) is 0 Å². The standard InChI is InChI=1S/C15H22N4/c1-2-10-19(12-13-6-4-3-5-7-13)15-14(11-16)17-8-9-18-15/h8-9,13H,2-7,10,12H2,1H3. The minimum atomic E-state index is 0.451. The smallest absolute Gasteiger partial charge is 0.183 e. The molecular weight excluding hydrogens is 236 g/mol. The average molecular weight is 258 g/mol. The van der Waals surface area contributed by atoms with Gasteiger partial charge in [0.2, 0.25) is 0 Å². The molecule has 1 aromatic heterocycles. The van der Waals surface area contributed by atoms with E-state index in [0.29, 0.717) is 5.69 Å². The molecule has 1 heterocycles. The Kier molecular flexibility index (Phi) is 5.14. The highest BCUT2D eigenvalue weighted by molar-refractivity contribution is 5.49. The molecule has 1 aliphatic rings. The summed E-state index contributed by atoms with van der Waals surface area (Å²) in [6.45, 7) is 4.13. The van der Waals surface area contributed by atoms with E-state index >= 15 is 0 Å². The van der Waals surface area contributed by atoms with E-state index in [9.17, 15) is 0 Å². The largest absolute Gasteiger partial charge is 0.354 e. The lowest BCUT2D eigenvalue weighted by Crippen LogP contribution is -2.32. The van der Waals surface area contributed by atoms with Gasteiger partial charge in [-0.25, -0.2) is 9.97 Å². The zero-order chi connectivity index (χ0) is 13.5. The van der Waals surface area contributed by atoms with Crippen molar-refractivity contribution in [3.05, 3.63) is 18.1 Å². The highest BCUT2D eigenvalue weighted by atomic mass is 15.2. The zero-order valence-corrected chi connectivity index (χ0v) is 11.7. The summed E-state index contributed by atoms with van der Waals surface area (Å²) >= 11 is 0. The minimum Gasteiger partial charge on any atom is -0.354 e. The van der Waals surface area contributed by atoms with Gasteiger partial charge < -0.3 is 4.90 Å². The summed E-state index contributed by atoms with van der Waals surface area (Å²) in [5.41, 5.74) is 0.451. The predicted molar refractivity (Wildman–Crippen MR) is 75.8 cm³/mol. The van der Waals surface area contributed by atoms with Gasteiger partial charge in [0.05, 0.1) is 0 Å². The second-order valence-electron chi connectivity index (χ2n) is 5.29. The molecule has 0 amide bonds. The highest BCUT2D eigenvalue weighted by Gasteiger charge is 2.20. The Hall–Kier alpha value is -1.63. The fourth-order valence-corrected chi connectivity index (χ4v) is 2.88. The maximum atomic E-state index is 9.16. The van der Waals surface area contributed by atoms with Gasteiger partial charge in [0.1, 0.15) is 6.07 Å². The SMILES string of the molecule is CCCN(CC1CCCCC1)c1nccnc1C#N. The van der Waals surface area contributed by atoms with E-state index in [2.05, 4.69) is 27.9 Å². The van der Waals surface area contributed by atoms with E-state index in [4.69, 9.17) is 5.26 Å².